The largest absolute Gasteiger partial charge is 0.507 e. The van der Waals surface area contributed by atoms with Gasteiger partial charge in [0.25, 0.3) is 0 Å². The van der Waals surface area contributed by atoms with Crippen LogP contribution in [0.5, 0.6) is 5.75 Å². The number of phenols is 1. The first-order valence-electron chi connectivity index (χ1n) is 6.39. The Morgan fingerprint density at radius 2 is 1.58 bits per heavy atom. The van der Waals surface area contributed by atoms with Crippen molar-refractivity contribution in [2.75, 3.05) is 0 Å². The van der Waals surface area contributed by atoms with E-state index in [9.17, 15) is 5.11 Å². The van der Waals surface area contributed by atoms with E-state index in [2.05, 4.69) is 19.2 Å². The number of hydrogen-bond acceptors (Lipinski definition) is 1. The summed E-state index contributed by atoms with van der Waals surface area (Å²) in [7, 11) is 0. The zero-order valence-corrected chi connectivity index (χ0v) is 11.0. The van der Waals surface area contributed by atoms with E-state index in [-0.39, 0.29) is 0 Å². The van der Waals surface area contributed by atoms with Gasteiger partial charge < -0.3 is 5.11 Å². The highest BCUT2D eigenvalue weighted by atomic mass is 16.3. The molecule has 0 amide bonds. The average molecular weight is 250 g/mol. The van der Waals surface area contributed by atoms with Gasteiger partial charge in [-0.25, -0.2) is 0 Å². The highest BCUT2D eigenvalue weighted by Gasteiger charge is 2.11. The second kappa shape index (κ2) is 6.05. The summed E-state index contributed by atoms with van der Waals surface area (Å²) in [6, 6.07) is 13.9. The van der Waals surface area contributed by atoms with Crippen LogP contribution in [0.1, 0.15) is 11.1 Å². The van der Waals surface area contributed by atoms with Gasteiger partial charge >= 0.3 is 0 Å². The molecular weight excluding hydrogens is 232 g/mol. The maximum Gasteiger partial charge on any atom is 0.127 e. The van der Waals surface area contributed by atoms with Gasteiger partial charge in [0, 0.05) is 11.1 Å². The lowest BCUT2D eigenvalue weighted by molar-refractivity contribution is 0.471. The quantitative estimate of drug-likeness (QED) is 0.774. The SMILES string of the molecule is C=CCc1ccc(-c2ccccc2)c(O)c1CC=C. The van der Waals surface area contributed by atoms with Gasteiger partial charge in [0.15, 0.2) is 0 Å². The van der Waals surface area contributed by atoms with E-state index in [1.165, 1.54) is 0 Å². The fourth-order valence-electron chi connectivity index (χ4n) is 2.25. The molecule has 0 fully saturated rings. The smallest absolute Gasteiger partial charge is 0.127 e. The van der Waals surface area contributed by atoms with E-state index >= 15 is 0 Å². The van der Waals surface area contributed by atoms with Crippen molar-refractivity contribution >= 4 is 0 Å². The molecule has 0 aliphatic heterocycles. The van der Waals surface area contributed by atoms with Gasteiger partial charge in [0.1, 0.15) is 5.75 Å². The number of aromatic hydroxyl groups is 1. The standard InChI is InChI=1S/C18H18O/c1-3-8-14-12-13-17(15-10-6-5-7-11-15)18(19)16(14)9-4-2/h3-7,10-13,19H,1-2,8-9H2. The van der Waals surface area contributed by atoms with Crippen LogP contribution < -0.4 is 0 Å². The van der Waals surface area contributed by atoms with Crippen LogP contribution in [0.4, 0.5) is 0 Å². The summed E-state index contributed by atoms with van der Waals surface area (Å²) in [5.41, 5.74) is 3.93. The first-order chi connectivity index (χ1) is 9.27. The van der Waals surface area contributed by atoms with E-state index in [0.29, 0.717) is 12.2 Å². The lowest BCUT2D eigenvalue weighted by Crippen LogP contribution is -1.94. The van der Waals surface area contributed by atoms with Crippen LogP contribution in [0.15, 0.2) is 67.8 Å². The Bertz CT molecular complexity index is 582. The van der Waals surface area contributed by atoms with Crippen molar-refractivity contribution in [1.82, 2.24) is 0 Å². The monoisotopic (exact) mass is 250 g/mol. The Morgan fingerprint density at radius 1 is 0.895 bits per heavy atom. The maximum atomic E-state index is 10.5. The van der Waals surface area contributed by atoms with Gasteiger partial charge in [-0.1, -0.05) is 54.6 Å². The molecule has 0 radical (unpaired) electrons. The van der Waals surface area contributed by atoms with E-state index in [4.69, 9.17) is 0 Å². The van der Waals surface area contributed by atoms with Crippen LogP contribution in [0.25, 0.3) is 11.1 Å². The van der Waals surface area contributed by atoms with Gasteiger partial charge in [0.05, 0.1) is 0 Å². The molecule has 0 aliphatic rings. The number of allylic oxidation sites excluding steroid dienone is 2. The number of rotatable bonds is 5. The molecule has 0 spiro atoms. The molecule has 1 heteroatoms. The molecule has 0 unspecified atom stereocenters. The Hall–Kier alpha value is -2.28. The maximum absolute atomic E-state index is 10.5. The van der Waals surface area contributed by atoms with Crippen molar-refractivity contribution in [3.63, 3.8) is 0 Å². The number of phenolic OH excluding ortho intramolecular Hbond substituents is 1. The third kappa shape index (κ3) is 2.76. The van der Waals surface area contributed by atoms with Crippen molar-refractivity contribution in [1.29, 1.82) is 0 Å². The first kappa shape index (κ1) is 13.2. The minimum Gasteiger partial charge on any atom is -0.507 e. The molecule has 0 heterocycles. The van der Waals surface area contributed by atoms with Crippen LogP contribution in [-0.2, 0) is 12.8 Å². The van der Waals surface area contributed by atoms with Crippen LogP contribution in [0.2, 0.25) is 0 Å². The van der Waals surface area contributed by atoms with Crippen molar-refractivity contribution in [3.05, 3.63) is 78.9 Å². The van der Waals surface area contributed by atoms with Crippen LogP contribution in [0.3, 0.4) is 0 Å². The normalized spacial score (nSPS) is 10.1. The topological polar surface area (TPSA) is 20.2 Å². The molecule has 96 valence electrons. The highest BCUT2D eigenvalue weighted by molar-refractivity contribution is 5.72. The van der Waals surface area contributed by atoms with Crippen molar-refractivity contribution in [2.24, 2.45) is 0 Å². The van der Waals surface area contributed by atoms with Crippen LogP contribution >= 0.6 is 0 Å². The molecule has 19 heavy (non-hydrogen) atoms. The molecule has 1 N–H and O–H groups in total. The molecule has 0 saturated carbocycles. The fraction of sp³-hybridized carbons (Fsp3) is 0.111. The zero-order chi connectivity index (χ0) is 13.7. The summed E-state index contributed by atoms with van der Waals surface area (Å²) in [6.45, 7) is 7.52. The molecule has 0 bridgehead atoms. The van der Waals surface area contributed by atoms with Gasteiger partial charge in [-0.2, -0.15) is 0 Å². The van der Waals surface area contributed by atoms with Crippen molar-refractivity contribution < 1.29 is 5.11 Å². The average Bonchev–Trinajstić information content (AvgIpc) is 2.44. The second-order valence-electron chi connectivity index (χ2n) is 4.45. The van der Waals surface area contributed by atoms with Crippen LogP contribution in [-0.4, -0.2) is 5.11 Å². The lowest BCUT2D eigenvalue weighted by atomic mass is 9.94. The summed E-state index contributed by atoms with van der Waals surface area (Å²) in [4.78, 5) is 0. The summed E-state index contributed by atoms with van der Waals surface area (Å²) < 4.78 is 0. The van der Waals surface area contributed by atoms with Gasteiger partial charge in [-0.15, -0.1) is 13.2 Å². The Labute approximate surface area is 114 Å². The molecular formula is C18H18O. The molecule has 0 saturated heterocycles. The van der Waals surface area contributed by atoms with E-state index < -0.39 is 0 Å². The van der Waals surface area contributed by atoms with Gasteiger partial charge in [-0.05, 0) is 24.0 Å². The summed E-state index contributed by atoms with van der Waals surface area (Å²) in [6.07, 6.45) is 5.08. The molecule has 2 aromatic carbocycles. The first-order valence-corrected chi connectivity index (χ1v) is 6.39. The lowest BCUT2D eigenvalue weighted by Gasteiger charge is -2.13. The molecule has 1 nitrogen and oxygen atoms in total. The molecule has 0 atom stereocenters. The molecule has 0 aliphatic carbocycles. The Kier molecular flexibility index (Phi) is 4.19. The summed E-state index contributed by atoms with van der Waals surface area (Å²) in [5, 5.41) is 10.5. The third-order valence-electron chi connectivity index (χ3n) is 3.18. The number of hydrogen-bond donors (Lipinski definition) is 1. The van der Waals surface area contributed by atoms with Crippen molar-refractivity contribution in [3.8, 4) is 16.9 Å². The minimum atomic E-state index is 0.352. The van der Waals surface area contributed by atoms with Gasteiger partial charge in [-0.3, -0.25) is 0 Å². The van der Waals surface area contributed by atoms with E-state index in [1.54, 1.807) is 0 Å². The fourth-order valence-corrected chi connectivity index (χ4v) is 2.25. The Balaban J connectivity index is 2.56. The second-order valence-corrected chi connectivity index (χ2v) is 4.45. The Morgan fingerprint density at radius 3 is 2.21 bits per heavy atom. The van der Waals surface area contributed by atoms with E-state index in [0.717, 1.165) is 28.7 Å². The van der Waals surface area contributed by atoms with E-state index in [1.807, 2.05) is 48.6 Å². The summed E-state index contributed by atoms with van der Waals surface area (Å²) in [5.74, 6) is 0.352. The number of benzene rings is 2. The minimum absolute atomic E-state index is 0.352. The van der Waals surface area contributed by atoms with Gasteiger partial charge in [0.2, 0.25) is 0 Å². The molecule has 2 rings (SSSR count). The molecule has 0 aromatic heterocycles. The predicted molar refractivity (Wildman–Crippen MR) is 81.3 cm³/mol. The predicted octanol–water partition coefficient (Wildman–Crippen LogP) is 4.52. The summed E-state index contributed by atoms with van der Waals surface area (Å²) >= 11 is 0. The zero-order valence-electron chi connectivity index (χ0n) is 11.0. The highest BCUT2D eigenvalue weighted by Crippen LogP contribution is 2.34. The van der Waals surface area contributed by atoms with Crippen LogP contribution in [0, 0.1) is 0 Å². The molecule has 2 aromatic rings. The third-order valence-corrected chi connectivity index (χ3v) is 3.18. The van der Waals surface area contributed by atoms with Crippen molar-refractivity contribution in [2.45, 2.75) is 12.8 Å².